The number of thiocarbonyl (C=S) groups is 1. The molecule has 8 heteroatoms. The minimum absolute atomic E-state index is 0.144. The number of ether oxygens (including phenoxy) is 3. The standard InChI is InChI=1S/C22H22N2O4S2/c1-26-18-7-8-19(27-2)15(13-18)14-20-21(25)24(22(29)30-20)17-5-3-16(4-6-17)23-9-11-28-12-10-23/h3-8,13-14H,9-12H2,1-2H3/b20-14-. The summed E-state index contributed by atoms with van der Waals surface area (Å²) < 4.78 is 16.6. The van der Waals surface area contributed by atoms with Crippen molar-refractivity contribution in [3.8, 4) is 11.5 Å². The summed E-state index contributed by atoms with van der Waals surface area (Å²) in [4.78, 5) is 17.5. The van der Waals surface area contributed by atoms with Crippen molar-refractivity contribution in [1.82, 2.24) is 0 Å². The van der Waals surface area contributed by atoms with Gasteiger partial charge in [-0.25, -0.2) is 0 Å². The number of anilines is 2. The van der Waals surface area contributed by atoms with E-state index in [0.717, 1.165) is 43.2 Å². The molecule has 0 unspecified atom stereocenters. The van der Waals surface area contributed by atoms with E-state index in [2.05, 4.69) is 4.90 Å². The quantitative estimate of drug-likeness (QED) is 0.513. The SMILES string of the molecule is COc1ccc(OC)c(/C=C2\SC(=S)N(c3ccc(N4CCOCC4)cc3)C2=O)c1. The van der Waals surface area contributed by atoms with E-state index in [1.54, 1.807) is 25.2 Å². The maximum atomic E-state index is 13.1. The van der Waals surface area contributed by atoms with Crippen LogP contribution in [-0.4, -0.2) is 50.8 Å². The molecule has 2 aromatic rings. The molecule has 6 nitrogen and oxygen atoms in total. The molecule has 0 aliphatic carbocycles. The molecule has 0 N–H and O–H groups in total. The van der Waals surface area contributed by atoms with E-state index in [0.29, 0.717) is 20.7 Å². The molecule has 0 bridgehead atoms. The number of hydrogen-bond acceptors (Lipinski definition) is 7. The maximum absolute atomic E-state index is 13.1. The Balaban J connectivity index is 1.58. The summed E-state index contributed by atoms with van der Waals surface area (Å²) >= 11 is 6.79. The smallest absolute Gasteiger partial charge is 0.270 e. The van der Waals surface area contributed by atoms with Gasteiger partial charge in [-0.1, -0.05) is 24.0 Å². The van der Waals surface area contributed by atoms with Crippen molar-refractivity contribution in [2.24, 2.45) is 0 Å². The first-order valence-corrected chi connectivity index (χ1v) is 10.8. The number of rotatable bonds is 5. The lowest BCUT2D eigenvalue weighted by Crippen LogP contribution is -2.36. The van der Waals surface area contributed by atoms with Crippen LogP contribution < -0.4 is 19.3 Å². The number of nitrogens with zero attached hydrogens (tertiary/aromatic N) is 2. The number of amides is 1. The average Bonchev–Trinajstić information content (AvgIpc) is 3.07. The fraction of sp³-hybridized carbons (Fsp3) is 0.273. The zero-order valence-corrected chi connectivity index (χ0v) is 18.4. The zero-order chi connectivity index (χ0) is 21.1. The summed E-state index contributed by atoms with van der Waals surface area (Å²) in [6.07, 6.45) is 1.79. The minimum atomic E-state index is -0.144. The van der Waals surface area contributed by atoms with Gasteiger partial charge >= 0.3 is 0 Å². The molecule has 2 heterocycles. The molecule has 30 heavy (non-hydrogen) atoms. The summed E-state index contributed by atoms with van der Waals surface area (Å²) in [7, 11) is 3.20. The molecule has 0 saturated carbocycles. The van der Waals surface area contributed by atoms with Gasteiger partial charge in [-0.3, -0.25) is 9.69 Å². The molecule has 2 aromatic carbocycles. The van der Waals surface area contributed by atoms with Crippen molar-refractivity contribution in [3.05, 3.63) is 52.9 Å². The van der Waals surface area contributed by atoms with Gasteiger partial charge in [-0.15, -0.1) is 0 Å². The van der Waals surface area contributed by atoms with Crippen LogP contribution in [0.5, 0.6) is 11.5 Å². The Morgan fingerprint density at radius 2 is 1.73 bits per heavy atom. The third-order valence-electron chi connectivity index (χ3n) is 5.00. The highest BCUT2D eigenvalue weighted by atomic mass is 32.2. The van der Waals surface area contributed by atoms with Crippen molar-refractivity contribution in [2.75, 3.05) is 50.3 Å². The Kier molecular flexibility index (Phi) is 6.26. The van der Waals surface area contributed by atoms with Gasteiger partial charge in [0.15, 0.2) is 4.32 Å². The van der Waals surface area contributed by atoms with Gasteiger partial charge < -0.3 is 19.1 Å². The molecular weight excluding hydrogens is 420 g/mol. The molecule has 0 atom stereocenters. The molecule has 2 fully saturated rings. The highest BCUT2D eigenvalue weighted by Gasteiger charge is 2.33. The Hall–Kier alpha value is -2.55. The molecule has 156 valence electrons. The topological polar surface area (TPSA) is 51.2 Å². The fourth-order valence-electron chi connectivity index (χ4n) is 3.42. The van der Waals surface area contributed by atoms with Gasteiger partial charge in [0, 0.05) is 24.3 Å². The Bertz CT molecular complexity index is 985. The van der Waals surface area contributed by atoms with E-state index in [9.17, 15) is 4.79 Å². The zero-order valence-electron chi connectivity index (χ0n) is 16.8. The maximum Gasteiger partial charge on any atom is 0.270 e. The fourth-order valence-corrected chi connectivity index (χ4v) is 4.71. The van der Waals surface area contributed by atoms with Crippen LogP contribution >= 0.6 is 24.0 Å². The van der Waals surface area contributed by atoms with Crippen molar-refractivity contribution in [3.63, 3.8) is 0 Å². The average molecular weight is 443 g/mol. The van der Waals surface area contributed by atoms with Gasteiger partial charge in [0.1, 0.15) is 11.5 Å². The first kappa shape index (κ1) is 20.7. The van der Waals surface area contributed by atoms with Crippen LogP contribution in [0.3, 0.4) is 0 Å². The van der Waals surface area contributed by atoms with E-state index in [1.807, 2.05) is 42.5 Å². The van der Waals surface area contributed by atoms with E-state index in [-0.39, 0.29) is 5.91 Å². The van der Waals surface area contributed by atoms with Crippen LogP contribution in [-0.2, 0) is 9.53 Å². The second-order valence-corrected chi connectivity index (χ2v) is 8.42. The Labute approximate surface area is 185 Å². The second kappa shape index (κ2) is 9.07. The summed E-state index contributed by atoms with van der Waals surface area (Å²) in [5, 5.41) is 0. The highest BCUT2D eigenvalue weighted by Crippen LogP contribution is 2.38. The first-order valence-electron chi connectivity index (χ1n) is 9.53. The van der Waals surface area contributed by atoms with Crippen LogP contribution in [0.2, 0.25) is 0 Å². The number of benzene rings is 2. The number of carbonyl (C=O) groups is 1. The van der Waals surface area contributed by atoms with Crippen LogP contribution in [0.4, 0.5) is 11.4 Å². The molecule has 2 aliphatic rings. The Morgan fingerprint density at radius 1 is 1.03 bits per heavy atom. The van der Waals surface area contributed by atoms with Gasteiger partial charge in [0.05, 0.1) is 38.0 Å². The van der Waals surface area contributed by atoms with Crippen LogP contribution in [0, 0.1) is 0 Å². The highest BCUT2D eigenvalue weighted by molar-refractivity contribution is 8.27. The van der Waals surface area contributed by atoms with Gasteiger partial charge in [-0.05, 0) is 48.5 Å². The molecular formula is C22H22N2O4S2. The summed E-state index contributed by atoms with van der Waals surface area (Å²) in [5.74, 6) is 1.21. The van der Waals surface area contributed by atoms with E-state index in [1.165, 1.54) is 11.8 Å². The van der Waals surface area contributed by atoms with Gasteiger partial charge in [-0.2, -0.15) is 0 Å². The first-order chi connectivity index (χ1) is 14.6. The summed E-state index contributed by atoms with van der Waals surface area (Å²) in [5.41, 5.74) is 2.64. The normalized spacial score (nSPS) is 18.3. The molecule has 2 aliphatic heterocycles. The van der Waals surface area contributed by atoms with Crippen molar-refractivity contribution in [1.29, 1.82) is 0 Å². The molecule has 4 rings (SSSR count). The van der Waals surface area contributed by atoms with Gasteiger partial charge in [0.25, 0.3) is 5.91 Å². The third-order valence-corrected chi connectivity index (χ3v) is 6.30. The number of methoxy groups -OCH3 is 2. The largest absolute Gasteiger partial charge is 0.497 e. The number of hydrogen-bond donors (Lipinski definition) is 0. The summed E-state index contributed by atoms with van der Waals surface area (Å²) in [6, 6.07) is 13.4. The minimum Gasteiger partial charge on any atom is -0.497 e. The molecule has 2 saturated heterocycles. The number of thioether (sulfide) groups is 1. The third kappa shape index (κ3) is 4.16. The Morgan fingerprint density at radius 3 is 2.40 bits per heavy atom. The van der Waals surface area contributed by atoms with Crippen LogP contribution in [0.15, 0.2) is 47.4 Å². The van der Waals surface area contributed by atoms with Crippen LogP contribution in [0.25, 0.3) is 6.08 Å². The number of morpholine rings is 1. The molecule has 0 aromatic heterocycles. The predicted octanol–water partition coefficient (Wildman–Crippen LogP) is 3.95. The lowest BCUT2D eigenvalue weighted by Gasteiger charge is -2.29. The number of carbonyl (C=O) groups excluding carboxylic acids is 1. The van der Waals surface area contributed by atoms with Crippen LogP contribution in [0.1, 0.15) is 5.56 Å². The molecule has 0 radical (unpaired) electrons. The predicted molar refractivity (Wildman–Crippen MR) is 125 cm³/mol. The van der Waals surface area contributed by atoms with E-state index < -0.39 is 0 Å². The van der Waals surface area contributed by atoms with Gasteiger partial charge in [0.2, 0.25) is 0 Å². The second-order valence-electron chi connectivity index (χ2n) is 6.74. The molecule has 1 amide bonds. The van der Waals surface area contributed by atoms with E-state index in [4.69, 9.17) is 26.4 Å². The lowest BCUT2D eigenvalue weighted by molar-refractivity contribution is -0.113. The van der Waals surface area contributed by atoms with Crippen molar-refractivity contribution >= 4 is 51.7 Å². The van der Waals surface area contributed by atoms with Crippen molar-refractivity contribution in [2.45, 2.75) is 0 Å². The monoisotopic (exact) mass is 442 g/mol. The summed E-state index contributed by atoms with van der Waals surface area (Å²) in [6.45, 7) is 3.20. The van der Waals surface area contributed by atoms with Crippen molar-refractivity contribution < 1.29 is 19.0 Å². The van der Waals surface area contributed by atoms with E-state index >= 15 is 0 Å². The lowest BCUT2D eigenvalue weighted by atomic mass is 10.1. The molecule has 0 spiro atoms.